The van der Waals surface area contributed by atoms with Gasteiger partial charge < -0.3 is 9.84 Å². The van der Waals surface area contributed by atoms with E-state index < -0.39 is 16.0 Å². The van der Waals surface area contributed by atoms with Crippen LogP contribution in [0.2, 0.25) is 0 Å². The van der Waals surface area contributed by atoms with Crippen LogP contribution in [0.4, 0.5) is 0 Å². The number of aliphatic carboxylic acids is 1. The molecule has 0 aliphatic heterocycles. The molecule has 0 fully saturated rings. The molecular weight excluding hydrogens is 282 g/mol. The van der Waals surface area contributed by atoms with Gasteiger partial charge in [0.1, 0.15) is 0 Å². The summed E-state index contributed by atoms with van der Waals surface area (Å²) in [5.41, 5.74) is 0.555. The summed E-state index contributed by atoms with van der Waals surface area (Å²) < 4.78 is 31.7. The normalized spacial score (nSPS) is 13.1. The van der Waals surface area contributed by atoms with Crippen molar-refractivity contribution in [2.75, 3.05) is 13.2 Å². The average Bonchev–Trinajstić information content (AvgIpc) is 2.37. The van der Waals surface area contributed by atoms with Crippen LogP contribution >= 0.6 is 0 Å². The molecule has 7 heteroatoms. The van der Waals surface area contributed by atoms with Crippen LogP contribution < -0.4 is 4.72 Å². The Labute approximate surface area is 118 Å². The third-order valence-corrected chi connectivity index (χ3v) is 4.04. The fraction of sp³-hybridized carbons (Fsp3) is 0.462. The molecule has 2 N–H and O–H groups in total. The maximum Gasteiger partial charge on any atom is 0.307 e. The standard InChI is InChI=1S/C13H19NO5S/c1-3-19-10(2)9-14-20(17,18)12-6-4-11(5-7-12)8-13(15)16/h4-7,10,14H,3,8-9H2,1-2H3,(H,15,16). The Bertz CT molecular complexity index is 538. The van der Waals surface area contributed by atoms with Crippen LogP contribution in [0.3, 0.4) is 0 Å². The van der Waals surface area contributed by atoms with E-state index in [1.54, 1.807) is 6.92 Å². The first-order valence-corrected chi connectivity index (χ1v) is 7.75. The number of hydrogen-bond acceptors (Lipinski definition) is 4. The van der Waals surface area contributed by atoms with Crippen LogP contribution in [-0.2, 0) is 26.0 Å². The fourth-order valence-electron chi connectivity index (χ4n) is 1.61. The molecule has 0 radical (unpaired) electrons. The van der Waals surface area contributed by atoms with Crippen molar-refractivity contribution in [3.8, 4) is 0 Å². The molecule has 20 heavy (non-hydrogen) atoms. The van der Waals surface area contributed by atoms with Crippen LogP contribution in [0.5, 0.6) is 0 Å². The van der Waals surface area contributed by atoms with Crippen molar-refractivity contribution < 1.29 is 23.1 Å². The zero-order valence-corrected chi connectivity index (χ0v) is 12.3. The average molecular weight is 301 g/mol. The lowest BCUT2D eigenvalue weighted by molar-refractivity contribution is -0.136. The first-order chi connectivity index (χ1) is 9.35. The number of rotatable bonds is 8. The molecule has 0 heterocycles. The summed E-state index contributed by atoms with van der Waals surface area (Å²) in [6, 6.07) is 5.78. The van der Waals surface area contributed by atoms with Gasteiger partial charge in [0.15, 0.2) is 0 Å². The molecule has 0 saturated heterocycles. The van der Waals surface area contributed by atoms with Crippen molar-refractivity contribution >= 4 is 16.0 Å². The second-order valence-electron chi connectivity index (χ2n) is 4.33. The molecule has 0 amide bonds. The number of carboxylic acid groups (broad SMARTS) is 1. The lowest BCUT2D eigenvalue weighted by atomic mass is 10.2. The molecule has 0 spiro atoms. The summed E-state index contributed by atoms with van der Waals surface area (Å²) in [6.45, 7) is 4.33. The van der Waals surface area contributed by atoms with E-state index in [1.807, 2.05) is 6.92 Å². The van der Waals surface area contributed by atoms with Crippen LogP contribution in [0.1, 0.15) is 19.4 Å². The van der Waals surface area contributed by atoms with Gasteiger partial charge in [0, 0.05) is 13.2 Å². The van der Waals surface area contributed by atoms with E-state index in [4.69, 9.17) is 9.84 Å². The molecule has 1 rings (SSSR count). The molecule has 112 valence electrons. The Hall–Kier alpha value is -1.44. The third-order valence-electron chi connectivity index (χ3n) is 2.60. The van der Waals surface area contributed by atoms with E-state index in [9.17, 15) is 13.2 Å². The summed E-state index contributed by atoms with van der Waals surface area (Å²) in [7, 11) is -3.60. The minimum Gasteiger partial charge on any atom is -0.481 e. The molecule has 0 aliphatic carbocycles. The molecular formula is C13H19NO5S. The van der Waals surface area contributed by atoms with Crippen LogP contribution in [0, 0.1) is 0 Å². The minimum absolute atomic E-state index is 0.107. The van der Waals surface area contributed by atoms with Gasteiger partial charge in [-0.15, -0.1) is 0 Å². The maximum absolute atomic E-state index is 12.0. The van der Waals surface area contributed by atoms with Gasteiger partial charge in [-0.25, -0.2) is 13.1 Å². The monoisotopic (exact) mass is 301 g/mol. The molecule has 0 aliphatic rings. The zero-order chi connectivity index (χ0) is 15.2. The van der Waals surface area contributed by atoms with E-state index in [2.05, 4.69) is 4.72 Å². The quantitative estimate of drug-likeness (QED) is 0.747. The summed E-state index contributed by atoms with van der Waals surface area (Å²) in [6.07, 6.45) is -0.337. The molecule has 0 saturated carbocycles. The first-order valence-electron chi connectivity index (χ1n) is 6.27. The van der Waals surface area contributed by atoms with Gasteiger partial charge in [-0.3, -0.25) is 4.79 Å². The molecule has 1 aromatic rings. The fourth-order valence-corrected chi connectivity index (χ4v) is 2.73. The SMILES string of the molecule is CCOC(C)CNS(=O)(=O)c1ccc(CC(=O)O)cc1. The number of hydrogen-bond donors (Lipinski definition) is 2. The van der Waals surface area contributed by atoms with Gasteiger partial charge in [-0.1, -0.05) is 12.1 Å². The highest BCUT2D eigenvalue weighted by molar-refractivity contribution is 7.89. The van der Waals surface area contributed by atoms with Gasteiger partial charge in [0.05, 0.1) is 17.4 Å². The summed E-state index contributed by atoms with van der Waals surface area (Å²) in [5, 5.41) is 8.65. The number of sulfonamides is 1. The third kappa shape index (κ3) is 5.28. The number of nitrogens with one attached hydrogen (secondary N) is 1. The predicted octanol–water partition coefficient (Wildman–Crippen LogP) is 1.02. The van der Waals surface area contributed by atoms with Crippen molar-refractivity contribution in [3.05, 3.63) is 29.8 Å². The Balaban J connectivity index is 2.70. The van der Waals surface area contributed by atoms with E-state index in [0.717, 1.165) is 0 Å². The van der Waals surface area contributed by atoms with E-state index >= 15 is 0 Å². The summed E-state index contributed by atoms with van der Waals surface area (Å²) in [4.78, 5) is 10.7. The van der Waals surface area contributed by atoms with Crippen LogP contribution in [0.25, 0.3) is 0 Å². The number of benzene rings is 1. The van der Waals surface area contributed by atoms with Gasteiger partial charge in [-0.05, 0) is 31.5 Å². The molecule has 1 atom stereocenters. The topological polar surface area (TPSA) is 92.7 Å². The molecule has 0 bridgehead atoms. The number of ether oxygens (including phenoxy) is 1. The van der Waals surface area contributed by atoms with Crippen molar-refractivity contribution in [3.63, 3.8) is 0 Å². The Morgan fingerprint density at radius 2 is 1.95 bits per heavy atom. The molecule has 1 aromatic carbocycles. The highest BCUT2D eigenvalue weighted by Crippen LogP contribution is 2.11. The summed E-state index contributed by atoms with van der Waals surface area (Å²) in [5.74, 6) is -0.954. The minimum atomic E-state index is -3.60. The van der Waals surface area contributed by atoms with E-state index in [1.165, 1.54) is 24.3 Å². The van der Waals surface area contributed by atoms with Crippen molar-refractivity contribution in [1.29, 1.82) is 0 Å². The molecule has 6 nitrogen and oxygen atoms in total. The lowest BCUT2D eigenvalue weighted by Crippen LogP contribution is -2.32. The van der Waals surface area contributed by atoms with E-state index in [0.29, 0.717) is 12.2 Å². The number of carboxylic acids is 1. The molecule has 0 aromatic heterocycles. The number of carbonyl (C=O) groups is 1. The van der Waals surface area contributed by atoms with Gasteiger partial charge in [-0.2, -0.15) is 0 Å². The largest absolute Gasteiger partial charge is 0.481 e. The van der Waals surface area contributed by atoms with Crippen molar-refractivity contribution in [2.24, 2.45) is 0 Å². The van der Waals surface area contributed by atoms with Crippen molar-refractivity contribution in [2.45, 2.75) is 31.3 Å². The van der Waals surface area contributed by atoms with Crippen LogP contribution in [-0.4, -0.2) is 38.7 Å². The van der Waals surface area contributed by atoms with E-state index in [-0.39, 0.29) is 24.0 Å². The Morgan fingerprint density at radius 1 is 1.35 bits per heavy atom. The van der Waals surface area contributed by atoms with Gasteiger partial charge >= 0.3 is 5.97 Å². The van der Waals surface area contributed by atoms with Crippen molar-refractivity contribution in [1.82, 2.24) is 4.72 Å². The second-order valence-corrected chi connectivity index (χ2v) is 6.10. The predicted molar refractivity (Wildman–Crippen MR) is 74.1 cm³/mol. The van der Waals surface area contributed by atoms with Crippen LogP contribution in [0.15, 0.2) is 29.2 Å². The highest BCUT2D eigenvalue weighted by Gasteiger charge is 2.15. The second kappa shape index (κ2) is 7.37. The maximum atomic E-state index is 12.0. The zero-order valence-electron chi connectivity index (χ0n) is 11.5. The Kier molecular flexibility index (Phi) is 6.12. The first kappa shape index (κ1) is 16.6. The molecule has 1 unspecified atom stereocenters. The highest BCUT2D eigenvalue weighted by atomic mass is 32.2. The lowest BCUT2D eigenvalue weighted by Gasteiger charge is -2.13. The van der Waals surface area contributed by atoms with Gasteiger partial charge in [0.2, 0.25) is 10.0 Å². The smallest absolute Gasteiger partial charge is 0.307 e. The van der Waals surface area contributed by atoms with Gasteiger partial charge in [0.25, 0.3) is 0 Å². The summed E-state index contributed by atoms with van der Waals surface area (Å²) >= 11 is 0. The Morgan fingerprint density at radius 3 is 2.45 bits per heavy atom.